The van der Waals surface area contributed by atoms with Gasteiger partial charge in [0.2, 0.25) is 0 Å². The third-order valence-corrected chi connectivity index (χ3v) is 5.61. The number of ether oxygens (including phenoxy) is 1. The van der Waals surface area contributed by atoms with Crippen molar-refractivity contribution in [2.75, 3.05) is 7.11 Å². The lowest BCUT2D eigenvalue weighted by atomic mass is 9.64. The Morgan fingerprint density at radius 3 is 2.29 bits per heavy atom. The van der Waals surface area contributed by atoms with Crippen molar-refractivity contribution < 1.29 is 19.7 Å². The molecule has 0 aromatic heterocycles. The molecule has 1 fully saturated rings. The zero-order chi connectivity index (χ0) is 15.8. The van der Waals surface area contributed by atoms with Crippen LogP contribution in [0.1, 0.15) is 45.3 Å². The Labute approximate surface area is 125 Å². The van der Waals surface area contributed by atoms with E-state index in [1.54, 1.807) is 14.0 Å². The summed E-state index contributed by atoms with van der Waals surface area (Å²) in [6.45, 7) is 5.69. The molecule has 1 saturated carbocycles. The van der Waals surface area contributed by atoms with Crippen LogP contribution in [-0.2, 0) is 4.79 Å². The standard InChI is InChI=1S/C17H24O4/c1-16(2)13(9-10-17(16,3)15(19)20)14(18)11-5-7-12(21-4)8-6-11/h5-8,13-14,18H,9-10H2,1-4H3,(H,19,20)/t13-,14+,17+/m0/s1. The molecule has 4 heteroatoms. The van der Waals surface area contributed by atoms with Crippen molar-refractivity contribution in [2.24, 2.45) is 16.7 Å². The van der Waals surface area contributed by atoms with Crippen molar-refractivity contribution >= 4 is 5.97 Å². The van der Waals surface area contributed by atoms with Crippen LogP contribution in [0.15, 0.2) is 24.3 Å². The largest absolute Gasteiger partial charge is 0.497 e. The van der Waals surface area contributed by atoms with E-state index in [1.807, 2.05) is 38.1 Å². The molecule has 21 heavy (non-hydrogen) atoms. The molecular weight excluding hydrogens is 268 g/mol. The van der Waals surface area contributed by atoms with E-state index in [4.69, 9.17) is 4.74 Å². The zero-order valence-corrected chi connectivity index (χ0v) is 13.1. The molecule has 3 atom stereocenters. The van der Waals surface area contributed by atoms with Gasteiger partial charge in [0.1, 0.15) is 5.75 Å². The normalized spacial score (nSPS) is 29.1. The van der Waals surface area contributed by atoms with Gasteiger partial charge in [-0.2, -0.15) is 0 Å². The van der Waals surface area contributed by atoms with Gasteiger partial charge in [-0.3, -0.25) is 4.79 Å². The lowest BCUT2D eigenvalue weighted by Crippen LogP contribution is -2.42. The second kappa shape index (κ2) is 5.34. The van der Waals surface area contributed by atoms with Gasteiger partial charge in [-0.25, -0.2) is 0 Å². The number of carbonyl (C=O) groups is 1. The Balaban J connectivity index is 2.27. The van der Waals surface area contributed by atoms with E-state index in [1.165, 1.54) is 0 Å². The summed E-state index contributed by atoms with van der Waals surface area (Å²) in [6.07, 6.45) is 0.642. The van der Waals surface area contributed by atoms with Crippen LogP contribution < -0.4 is 4.74 Å². The van der Waals surface area contributed by atoms with Gasteiger partial charge in [-0.05, 0) is 48.8 Å². The SMILES string of the molecule is COc1ccc([C@@H](O)[C@@H]2CC[C@](C)(C(=O)O)C2(C)C)cc1. The molecule has 4 nitrogen and oxygen atoms in total. The fourth-order valence-electron chi connectivity index (χ4n) is 3.50. The number of aliphatic hydroxyl groups is 1. The van der Waals surface area contributed by atoms with Crippen molar-refractivity contribution in [3.63, 3.8) is 0 Å². The quantitative estimate of drug-likeness (QED) is 0.894. The average Bonchev–Trinajstić information content (AvgIpc) is 2.70. The maximum Gasteiger partial charge on any atom is 0.309 e. The highest BCUT2D eigenvalue weighted by Crippen LogP contribution is 2.59. The summed E-state index contributed by atoms with van der Waals surface area (Å²) >= 11 is 0. The van der Waals surface area contributed by atoms with Gasteiger partial charge in [-0.1, -0.05) is 26.0 Å². The molecule has 0 bridgehead atoms. The summed E-state index contributed by atoms with van der Waals surface area (Å²) in [5.41, 5.74) is -0.466. The number of aliphatic carboxylic acids is 1. The van der Waals surface area contributed by atoms with E-state index in [9.17, 15) is 15.0 Å². The second-order valence-electron chi connectivity index (χ2n) is 6.72. The highest BCUT2D eigenvalue weighted by molar-refractivity contribution is 5.75. The van der Waals surface area contributed by atoms with Crippen molar-refractivity contribution in [3.8, 4) is 5.75 Å². The van der Waals surface area contributed by atoms with Gasteiger partial charge in [0.25, 0.3) is 0 Å². The molecule has 0 amide bonds. The third kappa shape index (κ3) is 2.42. The summed E-state index contributed by atoms with van der Waals surface area (Å²) in [6, 6.07) is 7.32. The number of carboxylic acids is 1. The third-order valence-electron chi connectivity index (χ3n) is 5.61. The number of hydrogen-bond acceptors (Lipinski definition) is 3. The van der Waals surface area contributed by atoms with Crippen molar-refractivity contribution in [3.05, 3.63) is 29.8 Å². The van der Waals surface area contributed by atoms with E-state index in [0.29, 0.717) is 12.8 Å². The lowest BCUT2D eigenvalue weighted by molar-refractivity contribution is -0.155. The van der Waals surface area contributed by atoms with E-state index in [-0.39, 0.29) is 5.92 Å². The van der Waals surface area contributed by atoms with E-state index in [2.05, 4.69) is 0 Å². The van der Waals surface area contributed by atoms with E-state index < -0.39 is 22.9 Å². The minimum absolute atomic E-state index is 0.0769. The molecule has 0 aliphatic heterocycles. The Morgan fingerprint density at radius 2 is 1.86 bits per heavy atom. The minimum Gasteiger partial charge on any atom is -0.497 e. The molecule has 2 N–H and O–H groups in total. The molecule has 0 saturated heterocycles. The summed E-state index contributed by atoms with van der Waals surface area (Å²) in [5, 5.41) is 20.2. The average molecular weight is 292 g/mol. The molecule has 2 rings (SSSR count). The first-order valence-corrected chi connectivity index (χ1v) is 7.29. The number of rotatable bonds is 4. The van der Waals surface area contributed by atoms with Gasteiger partial charge in [-0.15, -0.1) is 0 Å². The van der Waals surface area contributed by atoms with Crippen LogP contribution >= 0.6 is 0 Å². The number of methoxy groups -OCH3 is 1. The Morgan fingerprint density at radius 1 is 1.29 bits per heavy atom. The maximum absolute atomic E-state index is 11.6. The second-order valence-corrected chi connectivity index (χ2v) is 6.72. The summed E-state index contributed by atoms with van der Waals surface area (Å²) in [4.78, 5) is 11.6. The van der Waals surface area contributed by atoms with Crippen LogP contribution in [-0.4, -0.2) is 23.3 Å². The number of hydrogen-bond donors (Lipinski definition) is 2. The van der Waals surface area contributed by atoms with Crippen molar-refractivity contribution in [1.29, 1.82) is 0 Å². The topological polar surface area (TPSA) is 66.8 Å². The molecule has 1 aromatic carbocycles. The molecule has 0 spiro atoms. The molecule has 1 aromatic rings. The van der Waals surface area contributed by atoms with Gasteiger partial charge >= 0.3 is 5.97 Å². The predicted molar refractivity (Wildman–Crippen MR) is 80.2 cm³/mol. The fraction of sp³-hybridized carbons (Fsp3) is 0.588. The van der Waals surface area contributed by atoms with Gasteiger partial charge in [0.15, 0.2) is 0 Å². The number of carboxylic acid groups (broad SMARTS) is 1. The molecule has 116 valence electrons. The molecule has 0 heterocycles. The predicted octanol–water partition coefficient (Wildman–Crippen LogP) is 3.26. The first-order valence-electron chi connectivity index (χ1n) is 7.29. The number of aliphatic hydroxyl groups excluding tert-OH is 1. The molecule has 0 radical (unpaired) electrons. The highest BCUT2D eigenvalue weighted by Gasteiger charge is 2.57. The molecule has 1 aliphatic rings. The van der Waals surface area contributed by atoms with Crippen LogP contribution in [0.5, 0.6) is 5.75 Å². The van der Waals surface area contributed by atoms with Gasteiger partial charge in [0, 0.05) is 0 Å². The lowest BCUT2D eigenvalue weighted by Gasteiger charge is -2.40. The summed E-state index contributed by atoms with van der Waals surface area (Å²) in [5.74, 6) is -0.115. The Hall–Kier alpha value is -1.55. The zero-order valence-electron chi connectivity index (χ0n) is 13.1. The summed E-state index contributed by atoms with van der Waals surface area (Å²) < 4.78 is 5.12. The van der Waals surface area contributed by atoms with E-state index in [0.717, 1.165) is 11.3 Å². The fourth-order valence-corrected chi connectivity index (χ4v) is 3.50. The number of benzene rings is 1. The van der Waals surface area contributed by atoms with Crippen LogP contribution in [0.3, 0.4) is 0 Å². The van der Waals surface area contributed by atoms with Crippen LogP contribution in [0.25, 0.3) is 0 Å². The van der Waals surface area contributed by atoms with Crippen LogP contribution in [0.2, 0.25) is 0 Å². The van der Waals surface area contributed by atoms with Gasteiger partial charge in [0.05, 0.1) is 18.6 Å². The van der Waals surface area contributed by atoms with E-state index >= 15 is 0 Å². The van der Waals surface area contributed by atoms with Crippen LogP contribution in [0, 0.1) is 16.7 Å². The Bertz CT molecular complexity index is 520. The first kappa shape index (κ1) is 15.8. The van der Waals surface area contributed by atoms with Gasteiger partial charge < -0.3 is 14.9 Å². The minimum atomic E-state index is -0.800. The Kier molecular flexibility index (Phi) is 4.02. The molecule has 1 aliphatic carbocycles. The summed E-state index contributed by atoms with van der Waals surface area (Å²) in [7, 11) is 1.60. The highest BCUT2D eigenvalue weighted by atomic mass is 16.5. The maximum atomic E-state index is 11.6. The first-order chi connectivity index (χ1) is 9.74. The monoisotopic (exact) mass is 292 g/mol. The molecule has 0 unspecified atom stereocenters. The smallest absolute Gasteiger partial charge is 0.309 e. The van der Waals surface area contributed by atoms with Crippen molar-refractivity contribution in [2.45, 2.75) is 39.7 Å². The van der Waals surface area contributed by atoms with Crippen molar-refractivity contribution in [1.82, 2.24) is 0 Å². The van der Waals surface area contributed by atoms with Crippen LogP contribution in [0.4, 0.5) is 0 Å². The molecular formula is C17H24O4.